The fraction of sp³-hybridized carbons (Fsp3) is 0.714. The first-order valence-electron chi connectivity index (χ1n) is 6.74. The van der Waals surface area contributed by atoms with Crippen molar-refractivity contribution in [3.63, 3.8) is 0 Å². The third kappa shape index (κ3) is 4.17. The first-order chi connectivity index (χ1) is 8.56. The Morgan fingerprint density at radius 3 is 2.50 bits per heavy atom. The number of aliphatic carboxylic acids is 1. The van der Waals surface area contributed by atoms with Crippen LogP contribution in [0.25, 0.3) is 0 Å². The van der Waals surface area contributed by atoms with Crippen LogP contribution >= 0.6 is 0 Å². The van der Waals surface area contributed by atoms with Crippen molar-refractivity contribution in [2.75, 3.05) is 0 Å². The van der Waals surface area contributed by atoms with Crippen molar-refractivity contribution < 1.29 is 14.7 Å². The number of carbonyl (C=O) groups excluding carboxylic acids is 1. The molecule has 1 unspecified atom stereocenters. The number of hydrogen-bond acceptors (Lipinski definition) is 2. The van der Waals surface area contributed by atoms with Crippen molar-refractivity contribution in [1.82, 2.24) is 5.32 Å². The number of hydrogen-bond donors (Lipinski definition) is 2. The predicted molar refractivity (Wildman–Crippen MR) is 70.1 cm³/mol. The van der Waals surface area contributed by atoms with Crippen molar-refractivity contribution in [2.24, 2.45) is 11.8 Å². The van der Waals surface area contributed by atoms with Gasteiger partial charge >= 0.3 is 5.97 Å². The molecule has 0 aromatic rings. The second-order valence-electron chi connectivity index (χ2n) is 5.05. The van der Waals surface area contributed by atoms with E-state index in [0.29, 0.717) is 12.8 Å². The van der Waals surface area contributed by atoms with E-state index in [1.54, 1.807) is 0 Å². The number of allylic oxidation sites excluding steroid dienone is 2. The summed E-state index contributed by atoms with van der Waals surface area (Å²) in [5.74, 6) is -1.99. The topological polar surface area (TPSA) is 66.4 Å². The molecule has 1 rings (SSSR count). The zero-order valence-corrected chi connectivity index (χ0v) is 11.2. The molecule has 0 bridgehead atoms. The first-order valence-corrected chi connectivity index (χ1v) is 6.74. The number of carbonyl (C=O) groups is 2. The minimum absolute atomic E-state index is 0.115. The molecule has 0 aromatic heterocycles. The van der Waals surface area contributed by atoms with Gasteiger partial charge in [0, 0.05) is 6.04 Å². The van der Waals surface area contributed by atoms with Gasteiger partial charge in [0.1, 0.15) is 0 Å². The molecule has 2 N–H and O–H groups in total. The van der Waals surface area contributed by atoms with Gasteiger partial charge in [-0.2, -0.15) is 0 Å². The molecule has 4 heteroatoms. The maximum Gasteiger partial charge on any atom is 0.307 e. The monoisotopic (exact) mass is 253 g/mol. The smallest absolute Gasteiger partial charge is 0.307 e. The number of unbranched alkanes of at least 4 members (excludes halogenated alkanes) is 1. The Bertz CT molecular complexity index is 325. The Hall–Kier alpha value is -1.32. The quantitative estimate of drug-likeness (QED) is 0.714. The summed E-state index contributed by atoms with van der Waals surface area (Å²) in [5.41, 5.74) is 0. The van der Waals surface area contributed by atoms with Crippen LogP contribution in [-0.4, -0.2) is 23.0 Å². The molecule has 0 radical (unpaired) electrons. The van der Waals surface area contributed by atoms with Crippen LogP contribution < -0.4 is 5.32 Å². The van der Waals surface area contributed by atoms with Crippen LogP contribution in [0, 0.1) is 11.8 Å². The van der Waals surface area contributed by atoms with E-state index in [4.69, 9.17) is 5.11 Å². The summed E-state index contributed by atoms with van der Waals surface area (Å²) in [7, 11) is 0. The van der Waals surface area contributed by atoms with Crippen LogP contribution in [0.15, 0.2) is 12.2 Å². The summed E-state index contributed by atoms with van der Waals surface area (Å²) in [5, 5.41) is 12.1. The Kier molecular flexibility index (Phi) is 5.89. The third-order valence-corrected chi connectivity index (χ3v) is 3.47. The molecule has 0 fully saturated rings. The maximum absolute atomic E-state index is 12.1. The molecule has 0 saturated heterocycles. The number of carboxylic acids is 1. The molecular formula is C14H23NO3. The molecular weight excluding hydrogens is 230 g/mol. The molecule has 1 amide bonds. The van der Waals surface area contributed by atoms with Gasteiger partial charge in [-0.05, 0) is 26.2 Å². The maximum atomic E-state index is 12.1. The van der Waals surface area contributed by atoms with Crippen LogP contribution in [0.5, 0.6) is 0 Å². The number of carboxylic acid groups (broad SMARTS) is 1. The average Bonchev–Trinajstić information content (AvgIpc) is 2.36. The number of nitrogens with one attached hydrogen (secondary N) is 1. The molecule has 0 spiro atoms. The van der Waals surface area contributed by atoms with E-state index in [1.807, 2.05) is 19.1 Å². The highest BCUT2D eigenvalue weighted by Gasteiger charge is 2.34. The minimum Gasteiger partial charge on any atom is -0.481 e. The van der Waals surface area contributed by atoms with Gasteiger partial charge in [0.2, 0.25) is 5.91 Å². The Morgan fingerprint density at radius 2 is 1.94 bits per heavy atom. The molecule has 0 aliphatic heterocycles. The van der Waals surface area contributed by atoms with E-state index in [-0.39, 0.29) is 11.9 Å². The molecule has 1 aliphatic rings. The molecule has 0 aromatic carbocycles. The Balaban J connectivity index is 2.53. The van der Waals surface area contributed by atoms with Crippen molar-refractivity contribution >= 4 is 11.9 Å². The van der Waals surface area contributed by atoms with Crippen LogP contribution in [0.4, 0.5) is 0 Å². The van der Waals surface area contributed by atoms with Gasteiger partial charge in [0.05, 0.1) is 11.8 Å². The van der Waals surface area contributed by atoms with E-state index in [2.05, 4.69) is 12.2 Å². The first kappa shape index (κ1) is 14.7. The number of amides is 1. The fourth-order valence-corrected chi connectivity index (χ4v) is 2.31. The van der Waals surface area contributed by atoms with Crippen LogP contribution in [0.2, 0.25) is 0 Å². The summed E-state index contributed by atoms with van der Waals surface area (Å²) in [4.78, 5) is 23.2. The second kappa shape index (κ2) is 7.19. The van der Waals surface area contributed by atoms with E-state index in [1.165, 1.54) is 0 Å². The SMILES string of the molecule is CCCCC(C)NC(=O)[C@@H]1CC=CC[C@@H]1C(=O)O. The highest BCUT2D eigenvalue weighted by molar-refractivity contribution is 5.85. The zero-order chi connectivity index (χ0) is 13.5. The van der Waals surface area contributed by atoms with Crippen molar-refractivity contribution in [3.8, 4) is 0 Å². The van der Waals surface area contributed by atoms with E-state index in [0.717, 1.165) is 19.3 Å². The normalized spacial score (nSPS) is 24.6. The largest absolute Gasteiger partial charge is 0.481 e. The summed E-state index contributed by atoms with van der Waals surface area (Å²) in [6.07, 6.45) is 7.87. The van der Waals surface area contributed by atoms with Gasteiger partial charge in [0.15, 0.2) is 0 Å². The average molecular weight is 253 g/mol. The lowest BCUT2D eigenvalue weighted by atomic mass is 9.82. The van der Waals surface area contributed by atoms with Crippen LogP contribution in [0.1, 0.15) is 46.0 Å². The fourth-order valence-electron chi connectivity index (χ4n) is 2.31. The summed E-state index contributed by atoms with van der Waals surface area (Å²) >= 11 is 0. The van der Waals surface area contributed by atoms with E-state index in [9.17, 15) is 9.59 Å². The van der Waals surface area contributed by atoms with Crippen molar-refractivity contribution in [2.45, 2.75) is 52.0 Å². The van der Waals surface area contributed by atoms with Gasteiger partial charge in [-0.15, -0.1) is 0 Å². The Morgan fingerprint density at radius 1 is 1.33 bits per heavy atom. The molecule has 0 saturated carbocycles. The highest BCUT2D eigenvalue weighted by atomic mass is 16.4. The van der Waals surface area contributed by atoms with Gasteiger partial charge in [-0.25, -0.2) is 0 Å². The van der Waals surface area contributed by atoms with E-state index < -0.39 is 17.8 Å². The van der Waals surface area contributed by atoms with Gasteiger partial charge in [0.25, 0.3) is 0 Å². The molecule has 102 valence electrons. The zero-order valence-electron chi connectivity index (χ0n) is 11.2. The summed E-state index contributed by atoms with van der Waals surface area (Å²) in [6.45, 7) is 4.09. The lowest BCUT2D eigenvalue weighted by Gasteiger charge is -2.26. The van der Waals surface area contributed by atoms with Crippen LogP contribution in [-0.2, 0) is 9.59 Å². The number of rotatable bonds is 6. The molecule has 3 atom stereocenters. The van der Waals surface area contributed by atoms with Gasteiger partial charge in [-0.1, -0.05) is 31.9 Å². The molecule has 18 heavy (non-hydrogen) atoms. The minimum atomic E-state index is -0.874. The van der Waals surface area contributed by atoms with Crippen molar-refractivity contribution in [1.29, 1.82) is 0 Å². The second-order valence-corrected chi connectivity index (χ2v) is 5.05. The summed E-state index contributed by atoms with van der Waals surface area (Å²) in [6, 6.07) is 0.123. The lowest BCUT2D eigenvalue weighted by Crippen LogP contribution is -2.42. The molecule has 4 nitrogen and oxygen atoms in total. The Labute approximate surface area is 108 Å². The molecule has 1 aliphatic carbocycles. The van der Waals surface area contributed by atoms with Crippen molar-refractivity contribution in [3.05, 3.63) is 12.2 Å². The highest BCUT2D eigenvalue weighted by Crippen LogP contribution is 2.26. The summed E-state index contributed by atoms with van der Waals surface area (Å²) < 4.78 is 0. The van der Waals surface area contributed by atoms with Crippen LogP contribution in [0.3, 0.4) is 0 Å². The molecule has 0 heterocycles. The third-order valence-electron chi connectivity index (χ3n) is 3.47. The standard InChI is InChI=1S/C14H23NO3/c1-3-4-7-10(2)15-13(16)11-8-5-6-9-12(11)14(17)18/h5-6,10-12H,3-4,7-9H2,1-2H3,(H,15,16)(H,17,18)/t10?,11-,12+/m1/s1. The van der Waals surface area contributed by atoms with Gasteiger partial charge < -0.3 is 10.4 Å². The van der Waals surface area contributed by atoms with E-state index >= 15 is 0 Å². The predicted octanol–water partition coefficient (Wildman–Crippen LogP) is 2.35. The lowest BCUT2D eigenvalue weighted by molar-refractivity contribution is -0.147. The van der Waals surface area contributed by atoms with Gasteiger partial charge in [-0.3, -0.25) is 9.59 Å².